The van der Waals surface area contributed by atoms with Crippen molar-refractivity contribution in [3.05, 3.63) is 124 Å². The zero-order valence-corrected chi connectivity index (χ0v) is 18.6. The molecule has 2 unspecified atom stereocenters. The Bertz CT molecular complexity index is 1070. The lowest BCUT2D eigenvalue weighted by Gasteiger charge is -2.14. The van der Waals surface area contributed by atoms with Crippen molar-refractivity contribution in [2.45, 2.75) is 4.90 Å². The first-order valence-electron chi connectivity index (χ1n) is 9.00. The van der Waals surface area contributed by atoms with Crippen LogP contribution in [-0.2, 0) is 11.2 Å². The lowest BCUT2D eigenvalue weighted by Crippen LogP contribution is -2.04. The van der Waals surface area contributed by atoms with Gasteiger partial charge in [0.2, 0.25) is 0 Å². The molecule has 0 aromatic heterocycles. The summed E-state index contributed by atoms with van der Waals surface area (Å²) in [7, 11) is 5.74. The van der Waals surface area contributed by atoms with Gasteiger partial charge in [0, 0.05) is 32.7 Å². The normalized spacial score (nSPS) is 18.9. The van der Waals surface area contributed by atoms with Crippen LogP contribution >= 0.6 is 32.4 Å². The fourth-order valence-electron chi connectivity index (χ4n) is 3.03. The predicted molar refractivity (Wildman–Crippen MR) is 130 cm³/mol. The highest BCUT2D eigenvalue weighted by Gasteiger charge is 2.22. The highest BCUT2D eigenvalue weighted by atomic mass is 35.7. The van der Waals surface area contributed by atoms with Crippen LogP contribution in [-0.4, -0.2) is 4.55 Å². The monoisotopic (exact) mass is 456 g/mol. The summed E-state index contributed by atoms with van der Waals surface area (Å²) in [6.07, 6.45) is 4.07. The molecule has 0 bridgehead atoms. The molecule has 146 valence electrons. The van der Waals surface area contributed by atoms with Crippen molar-refractivity contribution >= 4 is 53.4 Å². The second-order valence-corrected chi connectivity index (χ2v) is 10.8. The number of rotatable bonds is 5. The van der Waals surface area contributed by atoms with E-state index in [1.165, 1.54) is 0 Å². The molecule has 1 nitrogen and oxygen atoms in total. The van der Waals surface area contributed by atoms with E-state index in [1.54, 1.807) is 24.3 Å². The largest absolute Gasteiger partial charge is 0.606 e. The molecule has 3 aromatic rings. The highest BCUT2D eigenvalue weighted by molar-refractivity contribution is 8.45. The van der Waals surface area contributed by atoms with Crippen molar-refractivity contribution < 1.29 is 4.55 Å². The second kappa shape index (κ2) is 9.29. The Morgan fingerprint density at radius 3 is 2.14 bits per heavy atom. The lowest BCUT2D eigenvalue weighted by molar-refractivity contribution is 0.605. The average Bonchev–Trinajstić information content (AvgIpc) is 3.13. The van der Waals surface area contributed by atoms with E-state index in [4.69, 9.17) is 22.3 Å². The summed E-state index contributed by atoms with van der Waals surface area (Å²) in [4.78, 5) is 2.56. The van der Waals surface area contributed by atoms with Crippen molar-refractivity contribution in [2.75, 3.05) is 0 Å². The SMILES string of the molecule is [O-][S+](/C(=C/C1=C[SH](Cl)C(c2ccccc2)=C1)c1ccccc1)c1ccc(Cl)cc1. The topological polar surface area (TPSA) is 23.1 Å². The van der Waals surface area contributed by atoms with E-state index in [1.807, 2.05) is 54.6 Å². The summed E-state index contributed by atoms with van der Waals surface area (Å²) in [5.41, 5.74) is 3.02. The van der Waals surface area contributed by atoms with Gasteiger partial charge in [-0.25, -0.2) is 0 Å². The van der Waals surface area contributed by atoms with Crippen LogP contribution in [0.4, 0.5) is 0 Å². The fraction of sp³-hybridized carbons (Fsp3) is 0. The van der Waals surface area contributed by atoms with Crippen LogP contribution in [0.5, 0.6) is 0 Å². The Morgan fingerprint density at radius 2 is 1.48 bits per heavy atom. The van der Waals surface area contributed by atoms with Crippen molar-refractivity contribution in [2.24, 2.45) is 0 Å². The third-order valence-corrected chi connectivity index (χ3v) is 8.37. The minimum absolute atomic E-state index is 0.623. The smallest absolute Gasteiger partial charge is 0.166 e. The van der Waals surface area contributed by atoms with Gasteiger partial charge in [0.1, 0.15) is 0 Å². The number of halogens is 2. The van der Waals surface area contributed by atoms with E-state index in [0.717, 1.165) is 26.5 Å². The first-order valence-corrected chi connectivity index (χ1v) is 12.8. The fourth-order valence-corrected chi connectivity index (χ4v) is 6.39. The Morgan fingerprint density at radius 1 is 0.862 bits per heavy atom. The van der Waals surface area contributed by atoms with E-state index < -0.39 is 21.3 Å². The molecule has 5 heteroatoms. The standard InChI is InChI=1S/C24H18Cl2OS2/c25-21-11-13-22(14-12-21)29(27)24(20-9-5-2-6-10-20)16-18-15-23(28(26)17-18)19-7-3-1-4-8-19/h1-17,28H/b24-16+. The third-order valence-electron chi connectivity index (χ3n) is 4.45. The van der Waals surface area contributed by atoms with Crippen LogP contribution in [0.15, 0.2) is 113 Å². The summed E-state index contributed by atoms with van der Waals surface area (Å²) in [5.74, 6) is 0. The maximum Gasteiger partial charge on any atom is 0.166 e. The zero-order valence-electron chi connectivity index (χ0n) is 15.3. The molecule has 0 aliphatic carbocycles. The van der Waals surface area contributed by atoms with Gasteiger partial charge >= 0.3 is 0 Å². The first-order chi connectivity index (χ1) is 14.1. The second-order valence-electron chi connectivity index (χ2n) is 6.43. The van der Waals surface area contributed by atoms with Gasteiger partial charge in [0.15, 0.2) is 9.80 Å². The van der Waals surface area contributed by atoms with Gasteiger partial charge in [-0.15, -0.1) is 10.1 Å². The summed E-state index contributed by atoms with van der Waals surface area (Å²) in [6.45, 7) is 0. The highest BCUT2D eigenvalue weighted by Crippen LogP contribution is 2.53. The maximum absolute atomic E-state index is 13.4. The van der Waals surface area contributed by atoms with Crippen LogP contribution in [0.25, 0.3) is 9.81 Å². The molecule has 0 saturated heterocycles. The zero-order chi connectivity index (χ0) is 20.2. The van der Waals surface area contributed by atoms with E-state index >= 15 is 0 Å². The first kappa shape index (κ1) is 20.4. The number of benzene rings is 3. The van der Waals surface area contributed by atoms with Gasteiger partial charge in [-0.05, 0) is 59.0 Å². The van der Waals surface area contributed by atoms with E-state index in [2.05, 4.69) is 23.6 Å². The van der Waals surface area contributed by atoms with Crippen LogP contribution in [0.3, 0.4) is 0 Å². The number of hydrogen-bond donors (Lipinski definition) is 1. The summed E-state index contributed by atoms with van der Waals surface area (Å²) < 4.78 is 13.4. The molecule has 0 fully saturated rings. The Hall–Kier alpha value is -1.88. The van der Waals surface area contributed by atoms with Gasteiger partial charge in [0.25, 0.3) is 0 Å². The van der Waals surface area contributed by atoms with Gasteiger partial charge in [-0.3, -0.25) is 0 Å². The van der Waals surface area contributed by atoms with Crippen molar-refractivity contribution in [3.63, 3.8) is 0 Å². The third kappa shape index (κ3) is 4.82. The molecule has 0 radical (unpaired) electrons. The van der Waals surface area contributed by atoms with E-state index in [-0.39, 0.29) is 0 Å². The Balaban J connectivity index is 1.74. The minimum Gasteiger partial charge on any atom is -0.606 e. The van der Waals surface area contributed by atoms with Crippen LogP contribution < -0.4 is 0 Å². The predicted octanol–water partition coefficient (Wildman–Crippen LogP) is 7.58. The minimum atomic E-state index is -1.35. The van der Waals surface area contributed by atoms with Crippen molar-refractivity contribution in [3.8, 4) is 0 Å². The van der Waals surface area contributed by atoms with E-state index in [9.17, 15) is 4.55 Å². The molecule has 0 N–H and O–H groups in total. The number of thiol groups is 1. The average molecular weight is 457 g/mol. The lowest BCUT2D eigenvalue weighted by atomic mass is 10.1. The molecule has 0 saturated carbocycles. The van der Waals surface area contributed by atoms with E-state index in [0.29, 0.717) is 9.92 Å². The summed E-state index contributed by atoms with van der Waals surface area (Å²) in [5, 5.41) is 2.68. The molecule has 29 heavy (non-hydrogen) atoms. The quantitative estimate of drug-likeness (QED) is 0.310. The molecule has 1 aliphatic rings. The molecular weight excluding hydrogens is 439 g/mol. The van der Waals surface area contributed by atoms with Crippen molar-refractivity contribution in [1.82, 2.24) is 0 Å². The molecule has 3 aromatic carbocycles. The molecule has 0 spiro atoms. The van der Waals surface area contributed by atoms with Crippen LogP contribution in [0.2, 0.25) is 5.02 Å². The van der Waals surface area contributed by atoms with Gasteiger partial charge < -0.3 is 4.55 Å². The molecule has 1 aliphatic heterocycles. The molecular formula is C24H18Cl2OS2. The Kier molecular flexibility index (Phi) is 6.53. The van der Waals surface area contributed by atoms with Crippen LogP contribution in [0.1, 0.15) is 11.1 Å². The molecule has 1 heterocycles. The number of hydrogen-bond acceptors (Lipinski definition) is 1. The summed E-state index contributed by atoms with van der Waals surface area (Å²) in [6, 6.07) is 27.1. The number of allylic oxidation sites excluding steroid dienone is 3. The van der Waals surface area contributed by atoms with Gasteiger partial charge in [0.05, 0.1) is 0 Å². The Labute approximate surface area is 186 Å². The van der Waals surface area contributed by atoms with Crippen molar-refractivity contribution in [1.29, 1.82) is 0 Å². The van der Waals surface area contributed by atoms with Crippen LogP contribution in [0, 0.1) is 0 Å². The maximum atomic E-state index is 13.4. The molecule has 0 amide bonds. The molecule has 4 rings (SSSR count). The van der Waals surface area contributed by atoms with Gasteiger partial charge in [-0.2, -0.15) is 0 Å². The van der Waals surface area contributed by atoms with Gasteiger partial charge in [-0.1, -0.05) is 70.8 Å². The summed E-state index contributed by atoms with van der Waals surface area (Å²) >= 11 is 4.65. The molecule has 2 atom stereocenters.